The van der Waals surface area contributed by atoms with Gasteiger partial charge in [0.25, 0.3) is 17.7 Å². The lowest BCUT2D eigenvalue weighted by Gasteiger charge is -2.34. The summed E-state index contributed by atoms with van der Waals surface area (Å²) in [5.74, 6) is 4.19. The number of benzene rings is 2. The number of imide groups is 1. The van der Waals surface area contributed by atoms with Crippen molar-refractivity contribution in [2.75, 3.05) is 46.4 Å². The summed E-state index contributed by atoms with van der Waals surface area (Å²) in [5.41, 5.74) is 1.96. The number of nitrogens with one attached hydrogen (secondary N) is 3. The van der Waals surface area contributed by atoms with Crippen LogP contribution in [0.25, 0.3) is 0 Å². The largest absolute Gasteiger partial charge is 0.494 e. The van der Waals surface area contributed by atoms with Gasteiger partial charge in [0.05, 0.1) is 12.7 Å². The first-order chi connectivity index (χ1) is 19.2. The molecule has 212 valence electrons. The number of amides is 5. The molecule has 3 N–H and O–H groups in total. The third kappa shape index (κ3) is 7.57. The Morgan fingerprint density at radius 1 is 1.07 bits per heavy atom. The molecule has 0 radical (unpaired) electrons. The van der Waals surface area contributed by atoms with Crippen LogP contribution in [0.15, 0.2) is 36.4 Å². The number of ether oxygens (including phenoxy) is 1. The molecule has 10 nitrogen and oxygen atoms in total. The molecule has 1 unspecified atom stereocenters. The molecule has 2 aromatic carbocycles. The van der Waals surface area contributed by atoms with Gasteiger partial charge in [-0.2, -0.15) is 0 Å². The molecule has 2 aliphatic heterocycles. The van der Waals surface area contributed by atoms with Crippen molar-refractivity contribution >= 4 is 23.8 Å². The van der Waals surface area contributed by atoms with Crippen molar-refractivity contribution in [3.8, 4) is 17.6 Å². The molecule has 0 spiro atoms. The maximum absolute atomic E-state index is 13.7. The van der Waals surface area contributed by atoms with E-state index in [1.54, 1.807) is 44.2 Å². The summed E-state index contributed by atoms with van der Waals surface area (Å²) >= 11 is 0. The van der Waals surface area contributed by atoms with Crippen molar-refractivity contribution in [1.82, 2.24) is 25.8 Å². The number of piperazine rings is 1. The van der Waals surface area contributed by atoms with Crippen LogP contribution in [-0.2, 0) is 4.79 Å². The van der Waals surface area contributed by atoms with E-state index >= 15 is 0 Å². The van der Waals surface area contributed by atoms with Gasteiger partial charge in [-0.15, -0.1) is 0 Å². The van der Waals surface area contributed by atoms with E-state index in [0.717, 1.165) is 32.7 Å². The molecule has 0 bridgehead atoms. The number of hydrogen-bond donors (Lipinski definition) is 3. The van der Waals surface area contributed by atoms with Gasteiger partial charge < -0.3 is 25.2 Å². The monoisotopic (exact) mass is 551 g/mol. The average molecular weight is 552 g/mol. The van der Waals surface area contributed by atoms with Crippen molar-refractivity contribution in [3.63, 3.8) is 0 Å². The van der Waals surface area contributed by atoms with Gasteiger partial charge in [0.2, 0.25) is 0 Å². The molecule has 0 saturated carbocycles. The molecule has 4 rings (SSSR count). The number of hydrogen-bond acceptors (Lipinski definition) is 6. The lowest BCUT2D eigenvalue weighted by molar-refractivity contribution is -0.119. The maximum Gasteiger partial charge on any atom is 0.322 e. The van der Waals surface area contributed by atoms with Crippen LogP contribution in [0.3, 0.4) is 0 Å². The van der Waals surface area contributed by atoms with Gasteiger partial charge in [0, 0.05) is 43.9 Å². The number of aryl methyl sites for hydroxylation is 1. The molecule has 0 aliphatic carbocycles. The molecular weight excluding hydrogens is 517 g/mol. The summed E-state index contributed by atoms with van der Waals surface area (Å²) in [4.78, 5) is 50.7. The van der Waals surface area contributed by atoms with E-state index < -0.39 is 29.7 Å². The second-order valence-corrected chi connectivity index (χ2v) is 9.10. The summed E-state index contributed by atoms with van der Waals surface area (Å²) in [5, 5.41) is 7.10. The van der Waals surface area contributed by atoms with Crippen molar-refractivity contribution in [3.05, 3.63) is 64.5 Å². The van der Waals surface area contributed by atoms with Crippen LogP contribution in [0.5, 0.6) is 5.75 Å². The molecule has 2 aliphatic rings. The van der Waals surface area contributed by atoms with Crippen molar-refractivity contribution < 1.29 is 28.3 Å². The Morgan fingerprint density at radius 3 is 2.30 bits per heavy atom. The van der Waals surface area contributed by atoms with E-state index in [4.69, 9.17) is 4.74 Å². The van der Waals surface area contributed by atoms with Gasteiger partial charge in [-0.25, -0.2) is 9.18 Å². The van der Waals surface area contributed by atoms with Crippen LogP contribution in [0.1, 0.15) is 45.7 Å². The first kappa shape index (κ1) is 30.1. The summed E-state index contributed by atoms with van der Waals surface area (Å²) in [6, 6.07) is 8.78. The highest BCUT2D eigenvalue weighted by molar-refractivity contribution is 6.05. The summed E-state index contributed by atoms with van der Waals surface area (Å²) in [7, 11) is 1.37. The Kier molecular flexibility index (Phi) is 10.6. The number of rotatable bonds is 5. The zero-order valence-electron chi connectivity index (χ0n) is 23.1. The van der Waals surface area contributed by atoms with E-state index in [2.05, 4.69) is 39.6 Å². The minimum Gasteiger partial charge on any atom is -0.494 e. The van der Waals surface area contributed by atoms with E-state index in [0.29, 0.717) is 23.2 Å². The Morgan fingerprint density at radius 2 is 1.75 bits per heavy atom. The number of likely N-dealkylation sites (N-methyl/N-ethyl adjacent to an activating group) is 1. The average Bonchev–Trinajstić information content (AvgIpc) is 3.29. The highest BCUT2D eigenvalue weighted by Crippen LogP contribution is 2.23. The molecule has 11 heteroatoms. The molecule has 1 atom stereocenters. The minimum atomic E-state index is -0.830. The second kappa shape index (κ2) is 14.1. The summed E-state index contributed by atoms with van der Waals surface area (Å²) in [6.45, 7) is 10.4. The van der Waals surface area contributed by atoms with Crippen molar-refractivity contribution in [2.24, 2.45) is 0 Å². The van der Waals surface area contributed by atoms with Crippen LogP contribution in [0.4, 0.5) is 9.18 Å². The van der Waals surface area contributed by atoms with Crippen LogP contribution >= 0.6 is 0 Å². The predicted octanol–water partition coefficient (Wildman–Crippen LogP) is 1.92. The van der Waals surface area contributed by atoms with Crippen molar-refractivity contribution in [2.45, 2.75) is 26.8 Å². The number of urea groups is 1. The number of nitrogens with zero attached hydrogens (tertiary/aromatic N) is 2. The molecule has 5 amide bonds. The lowest BCUT2D eigenvalue weighted by Crippen LogP contribution is -2.48. The first-order valence-electron chi connectivity index (χ1n) is 13.0. The molecule has 40 heavy (non-hydrogen) atoms. The number of carbonyl (C=O) groups is 4. The zero-order chi connectivity index (χ0) is 29.2. The summed E-state index contributed by atoms with van der Waals surface area (Å²) < 4.78 is 18.5. The lowest BCUT2D eigenvalue weighted by atomic mass is 10.1. The molecular formula is C29H34FN5O5. The van der Waals surface area contributed by atoms with Crippen LogP contribution in [-0.4, -0.2) is 86.0 Å². The Balaban J connectivity index is 0.000000252. The zero-order valence-corrected chi connectivity index (χ0v) is 23.1. The van der Waals surface area contributed by atoms with E-state index in [-0.39, 0.29) is 17.2 Å². The van der Waals surface area contributed by atoms with Crippen LogP contribution in [0, 0.1) is 24.6 Å². The van der Waals surface area contributed by atoms with Crippen LogP contribution < -0.4 is 20.7 Å². The normalized spacial score (nSPS) is 16.5. The molecule has 0 aromatic heterocycles. The SMILES string of the molecule is CCN1CCN(C(=O)c2ccc(C#CC3NC(=O)NC3=O)cc2)CC1.CCNC(=O)c1c(C)ccc(OC)c1F. The number of halogens is 1. The van der Waals surface area contributed by atoms with E-state index in [9.17, 15) is 23.6 Å². The smallest absolute Gasteiger partial charge is 0.322 e. The topological polar surface area (TPSA) is 120 Å². The Bertz CT molecular complexity index is 1310. The fraction of sp³-hybridized carbons (Fsp3) is 0.379. The third-order valence-corrected chi connectivity index (χ3v) is 6.47. The van der Waals surface area contributed by atoms with Gasteiger partial charge in [-0.05, 0) is 56.3 Å². The Labute approximate surface area is 233 Å². The first-order valence-corrected chi connectivity index (χ1v) is 13.0. The van der Waals surface area contributed by atoms with Gasteiger partial charge in [0.15, 0.2) is 17.6 Å². The van der Waals surface area contributed by atoms with E-state index in [1.807, 2.05) is 4.90 Å². The van der Waals surface area contributed by atoms with Crippen molar-refractivity contribution in [1.29, 1.82) is 0 Å². The fourth-order valence-electron chi connectivity index (χ4n) is 4.16. The highest BCUT2D eigenvalue weighted by Gasteiger charge is 2.27. The standard InChI is InChI=1S/C18H20N4O3.C11H14FNO2/c1-2-21-9-11-22(12-10-21)17(24)14-6-3-13(4-7-14)5-8-15-16(23)20-18(25)19-15;1-4-13-11(14)9-7(2)5-6-8(15-3)10(9)12/h3-4,6-7,15H,2,9-12H2,1H3,(H2,19,20,23,25);5-6H,4H2,1-3H3,(H,13,14). The maximum atomic E-state index is 13.7. The molecule has 2 fully saturated rings. The van der Waals surface area contributed by atoms with Gasteiger partial charge in [0.1, 0.15) is 0 Å². The van der Waals surface area contributed by atoms with Gasteiger partial charge in [-0.1, -0.05) is 24.8 Å². The molecule has 2 saturated heterocycles. The molecule has 2 aromatic rings. The fourth-order valence-corrected chi connectivity index (χ4v) is 4.16. The van der Waals surface area contributed by atoms with Gasteiger partial charge in [-0.3, -0.25) is 19.7 Å². The quantitative estimate of drug-likeness (QED) is 0.386. The predicted molar refractivity (Wildman–Crippen MR) is 147 cm³/mol. The molecule has 2 heterocycles. The Hall–Kier alpha value is -4.43. The van der Waals surface area contributed by atoms with Crippen LogP contribution in [0.2, 0.25) is 0 Å². The second-order valence-electron chi connectivity index (χ2n) is 9.10. The third-order valence-electron chi connectivity index (χ3n) is 6.47. The van der Waals surface area contributed by atoms with Gasteiger partial charge >= 0.3 is 6.03 Å². The number of carbonyl (C=O) groups excluding carboxylic acids is 4. The minimum absolute atomic E-state index is 0.0256. The summed E-state index contributed by atoms with van der Waals surface area (Å²) in [6.07, 6.45) is 0. The number of methoxy groups -OCH3 is 1. The highest BCUT2D eigenvalue weighted by atomic mass is 19.1. The van der Waals surface area contributed by atoms with E-state index in [1.165, 1.54) is 13.2 Å².